The van der Waals surface area contributed by atoms with Crippen LogP contribution in [0.15, 0.2) is 5.03 Å². The molecule has 2 N–H and O–H groups in total. The van der Waals surface area contributed by atoms with Gasteiger partial charge in [0.05, 0.1) is 18.8 Å². The molecule has 1 fully saturated rings. The first-order valence-electron chi connectivity index (χ1n) is 6.07. The topological polar surface area (TPSA) is 113 Å². The van der Waals surface area contributed by atoms with Gasteiger partial charge in [-0.25, -0.2) is 13.2 Å². The van der Waals surface area contributed by atoms with E-state index in [2.05, 4.69) is 10.2 Å². The number of morpholine rings is 1. The minimum absolute atomic E-state index is 0.167. The van der Waals surface area contributed by atoms with E-state index in [9.17, 15) is 13.2 Å². The molecule has 112 valence electrons. The molecule has 0 atom stereocenters. The van der Waals surface area contributed by atoms with E-state index in [-0.39, 0.29) is 31.0 Å². The fourth-order valence-electron chi connectivity index (χ4n) is 2.24. The first-order chi connectivity index (χ1) is 9.18. The van der Waals surface area contributed by atoms with Gasteiger partial charge in [-0.2, -0.15) is 9.40 Å². The fourth-order valence-corrected chi connectivity index (χ4v) is 4.13. The average Bonchev–Trinajstić information content (AvgIpc) is 2.70. The Kier molecular flexibility index (Phi) is 3.61. The molecule has 0 unspecified atom stereocenters. The maximum atomic E-state index is 12.7. The molecular weight excluding hydrogens is 286 g/mol. The van der Waals surface area contributed by atoms with Gasteiger partial charge >= 0.3 is 5.97 Å². The Labute approximate surface area is 116 Å². The summed E-state index contributed by atoms with van der Waals surface area (Å²) in [5, 5.41) is 14.8. The second kappa shape index (κ2) is 4.83. The van der Waals surface area contributed by atoms with E-state index in [4.69, 9.17) is 9.84 Å². The van der Waals surface area contributed by atoms with Crippen molar-refractivity contribution in [3.8, 4) is 0 Å². The Balaban J connectivity index is 2.53. The second-order valence-electron chi connectivity index (χ2n) is 5.28. The zero-order chi connectivity index (χ0) is 15.1. The normalized spacial score (nSPS) is 19.9. The maximum absolute atomic E-state index is 12.7. The molecule has 0 radical (unpaired) electrons. The molecule has 20 heavy (non-hydrogen) atoms. The maximum Gasteiger partial charge on any atom is 0.340 e. The van der Waals surface area contributed by atoms with E-state index in [1.54, 1.807) is 13.8 Å². The van der Waals surface area contributed by atoms with Crippen molar-refractivity contribution in [2.75, 3.05) is 19.8 Å². The van der Waals surface area contributed by atoms with Crippen LogP contribution in [0.2, 0.25) is 0 Å². The number of carboxylic acid groups (broad SMARTS) is 1. The van der Waals surface area contributed by atoms with Gasteiger partial charge in [-0.1, -0.05) is 0 Å². The molecule has 0 spiro atoms. The standard InChI is InChI=1S/C11H17N3O5S/c1-7-8(10(15)16)9(13-12-7)20(17,18)14-4-5-19-6-11(14,2)3/h4-6H2,1-3H3,(H,12,13)(H,15,16). The molecule has 0 amide bonds. The Bertz CT molecular complexity index is 634. The largest absolute Gasteiger partial charge is 0.478 e. The van der Waals surface area contributed by atoms with Gasteiger partial charge in [0.2, 0.25) is 5.03 Å². The van der Waals surface area contributed by atoms with Crippen LogP contribution in [0.1, 0.15) is 29.9 Å². The van der Waals surface area contributed by atoms with Gasteiger partial charge in [0.15, 0.2) is 0 Å². The number of nitrogens with one attached hydrogen (secondary N) is 1. The summed E-state index contributed by atoms with van der Waals surface area (Å²) in [6.07, 6.45) is 0. The molecule has 1 aromatic heterocycles. The van der Waals surface area contributed by atoms with Crippen molar-refractivity contribution in [3.63, 3.8) is 0 Å². The number of rotatable bonds is 3. The lowest BCUT2D eigenvalue weighted by molar-refractivity contribution is -0.00786. The van der Waals surface area contributed by atoms with E-state index in [0.29, 0.717) is 0 Å². The van der Waals surface area contributed by atoms with E-state index in [0.717, 1.165) is 0 Å². The zero-order valence-corrected chi connectivity index (χ0v) is 12.3. The number of carbonyl (C=O) groups is 1. The van der Waals surface area contributed by atoms with Crippen LogP contribution in [0, 0.1) is 6.92 Å². The summed E-state index contributed by atoms with van der Waals surface area (Å²) in [5.74, 6) is -1.32. The molecule has 0 saturated carbocycles. The van der Waals surface area contributed by atoms with Gasteiger partial charge in [-0.05, 0) is 20.8 Å². The minimum Gasteiger partial charge on any atom is -0.478 e. The summed E-state index contributed by atoms with van der Waals surface area (Å²) < 4.78 is 31.9. The van der Waals surface area contributed by atoms with Gasteiger partial charge in [0.25, 0.3) is 10.0 Å². The van der Waals surface area contributed by atoms with Gasteiger partial charge in [-0.3, -0.25) is 5.10 Å². The number of aromatic amines is 1. The number of hydrogen-bond acceptors (Lipinski definition) is 5. The molecule has 2 heterocycles. The van der Waals surface area contributed by atoms with Crippen molar-refractivity contribution in [1.82, 2.24) is 14.5 Å². The van der Waals surface area contributed by atoms with Crippen molar-refractivity contribution < 1.29 is 23.1 Å². The fraction of sp³-hybridized carbons (Fsp3) is 0.636. The van der Waals surface area contributed by atoms with Crippen LogP contribution in [-0.2, 0) is 14.8 Å². The number of H-pyrrole nitrogens is 1. The van der Waals surface area contributed by atoms with Crippen LogP contribution in [0.25, 0.3) is 0 Å². The molecule has 1 aliphatic rings. The molecule has 0 aliphatic carbocycles. The number of ether oxygens (including phenoxy) is 1. The third-order valence-corrected chi connectivity index (χ3v) is 5.27. The van der Waals surface area contributed by atoms with Crippen LogP contribution >= 0.6 is 0 Å². The predicted octanol–water partition coefficient (Wildman–Crippen LogP) is 0.216. The highest BCUT2D eigenvalue weighted by molar-refractivity contribution is 7.89. The van der Waals surface area contributed by atoms with Gasteiger partial charge in [0.1, 0.15) is 5.56 Å². The van der Waals surface area contributed by atoms with Crippen LogP contribution in [0.4, 0.5) is 0 Å². The summed E-state index contributed by atoms with van der Waals surface area (Å²) >= 11 is 0. The molecule has 2 rings (SSSR count). The van der Waals surface area contributed by atoms with Gasteiger partial charge in [0, 0.05) is 12.2 Å². The van der Waals surface area contributed by atoms with Crippen molar-refractivity contribution in [1.29, 1.82) is 0 Å². The van der Waals surface area contributed by atoms with Gasteiger partial charge in [-0.15, -0.1) is 0 Å². The molecule has 1 saturated heterocycles. The average molecular weight is 303 g/mol. The smallest absolute Gasteiger partial charge is 0.340 e. The summed E-state index contributed by atoms with van der Waals surface area (Å²) in [4.78, 5) is 11.2. The first-order valence-corrected chi connectivity index (χ1v) is 7.51. The number of hydrogen-bond donors (Lipinski definition) is 2. The number of aryl methyl sites for hydroxylation is 1. The second-order valence-corrected chi connectivity index (χ2v) is 7.05. The molecule has 1 aliphatic heterocycles. The van der Waals surface area contributed by atoms with Crippen molar-refractivity contribution >= 4 is 16.0 Å². The number of nitrogens with zero attached hydrogens (tertiary/aromatic N) is 2. The molecule has 0 aromatic carbocycles. The van der Waals surface area contributed by atoms with Crippen LogP contribution in [-0.4, -0.2) is 59.3 Å². The summed E-state index contributed by atoms with van der Waals surface area (Å²) in [6, 6.07) is 0. The lowest BCUT2D eigenvalue weighted by Crippen LogP contribution is -2.55. The molecule has 0 bridgehead atoms. The lowest BCUT2D eigenvalue weighted by Gasteiger charge is -2.40. The number of carboxylic acids is 1. The molecule has 8 nitrogen and oxygen atoms in total. The van der Waals surface area contributed by atoms with E-state index in [1.165, 1.54) is 11.2 Å². The first kappa shape index (κ1) is 14.9. The van der Waals surface area contributed by atoms with Crippen LogP contribution in [0.3, 0.4) is 0 Å². The van der Waals surface area contributed by atoms with E-state index >= 15 is 0 Å². The third-order valence-electron chi connectivity index (χ3n) is 3.23. The van der Waals surface area contributed by atoms with E-state index < -0.39 is 26.6 Å². The molecule has 1 aromatic rings. The summed E-state index contributed by atoms with van der Waals surface area (Å²) in [5.41, 5.74) is -0.853. The molecule has 9 heteroatoms. The summed E-state index contributed by atoms with van der Waals surface area (Å²) in [7, 11) is -3.99. The quantitative estimate of drug-likeness (QED) is 0.825. The predicted molar refractivity (Wildman–Crippen MR) is 69.1 cm³/mol. The lowest BCUT2D eigenvalue weighted by atomic mass is 10.1. The van der Waals surface area contributed by atoms with Crippen LogP contribution < -0.4 is 0 Å². The summed E-state index contributed by atoms with van der Waals surface area (Å²) in [6.45, 7) is 5.61. The van der Waals surface area contributed by atoms with Crippen molar-refractivity contribution in [3.05, 3.63) is 11.3 Å². The highest BCUT2D eigenvalue weighted by atomic mass is 32.2. The van der Waals surface area contributed by atoms with Crippen LogP contribution in [0.5, 0.6) is 0 Å². The number of aromatic carboxylic acids is 1. The van der Waals surface area contributed by atoms with Gasteiger partial charge < -0.3 is 9.84 Å². The Hall–Kier alpha value is -1.45. The third kappa shape index (κ3) is 2.32. The Morgan fingerprint density at radius 1 is 1.50 bits per heavy atom. The SMILES string of the molecule is Cc1[nH]nc(S(=O)(=O)N2CCOCC2(C)C)c1C(=O)O. The van der Waals surface area contributed by atoms with Crippen molar-refractivity contribution in [2.45, 2.75) is 31.3 Å². The van der Waals surface area contributed by atoms with Crippen molar-refractivity contribution in [2.24, 2.45) is 0 Å². The highest BCUT2D eigenvalue weighted by Gasteiger charge is 2.43. The number of aromatic nitrogens is 2. The Morgan fingerprint density at radius 2 is 2.15 bits per heavy atom. The minimum atomic E-state index is -3.99. The monoisotopic (exact) mass is 303 g/mol. The number of sulfonamides is 1. The highest BCUT2D eigenvalue weighted by Crippen LogP contribution is 2.28. The zero-order valence-electron chi connectivity index (χ0n) is 11.5. The Morgan fingerprint density at radius 3 is 2.70 bits per heavy atom. The van der Waals surface area contributed by atoms with E-state index in [1.807, 2.05) is 0 Å². The molecular formula is C11H17N3O5S.